The van der Waals surface area contributed by atoms with Crippen LogP contribution >= 0.6 is 0 Å². The Morgan fingerprint density at radius 3 is 2.90 bits per heavy atom. The van der Waals surface area contributed by atoms with Gasteiger partial charge in [0.25, 0.3) is 5.91 Å². The van der Waals surface area contributed by atoms with Gasteiger partial charge in [0.2, 0.25) is 0 Å². The van der Waals surface area contributed by atoms with E-state index in [1.807, 2.05) is 32.2 Å². The number of nitrogens with zero attached hydrogens (tertiary/aromatic N) is 1. The smallest absolute Gasteiger partial charge is 0.253 e. The molecule has 5 heteroatoms. The first-order valence-electron chi connectivity index (χ1n) is 7.06. The number of nitrogens with two attached hydrogens (primary N) is 1. The lowest BCUT2D eigenvalue weighted by molar-refractivity contribution is -0.000201. The number of carbonyl (C=O) groups excluding carboxylic acids is 1. The Labute approximate surface area is 120 Å². The fourth-order valence-electron chi connectivity index (χ4n) is 2.54. The number of anilines is 1. The summed E-state index contributed by atoms with van der Waals surface area (Å²) >= 11 is 0. The third-order valence-electron chi connectivity index (χ3n) is 3.72. The average Bonchev–Trinajstić information content (AvgIpc) is 2.47. The lowest BCUT2D eigenvalue weighted by Crippen LogP contribution is -2.37. The van der Waals surface area contributed by atoms with E-state index in [-0.39, 0.29) is 12.0 Å². The van der Waals surface area contributed by atoms with Gasteiger partial charge in [0.15, 0.2) is 0 Å². The van der Waals surface area contributed by atoms with E-state index in [2.05, 4.69) is 5.43 Å². The second-order valence-corrected chi connectivity index (χ2v) is 5.35. The maximum atomic E-state index is 12.5. The summed E-state index contributed by atoms with van der Waals surface area (Å²) in [4.78, 5) is 14.2. The molecular weight excluding hydrogens is 254 g/mol. The number of carbonyl (C=O) groups is 1. The van der Waals surface area contributed by atoms with Crippen LogP contribution in [-0.4, -0.2) is 37.1 Å². The number of nitrogens with one attached hydrogen (secondary N) is 1. The highest BCUT2D eigenvalue weighted by molar-refractivity contribution is 5.95. The van der Waals surface area contributed by atoms with Gasteiger partial charge >= 0.3 is 0 Å². The second kappa shape index (κ2) is 6.72. The minimum Gasteiger partial charge on any atom is -0.376 e. The largest absolute Gasteiger partial charge is 0.376 e. The van der Waals surface area contributed by atoms with Crippen LogP contribution in [0.1, 0.15) is 35.2 Å². The van der Waals surface area contributed by atoms with Crippen LogP contribution < -0.4 is 11.3 Å². The van der Waals surface area contributed by atoms with Crippen molar-refractivity contribution in [3.8, 4) is 0 Å². The lowest BCUT2D eigenvalue weighted by Gasteiger charge is -2.27. The van der Waals surface area contributed by atoms with Gasteiger partial charge in [0.05, 0.1) is 6.10 Å². The third-order valence-corrected chi connectivity index (χ3v) is 3.72. The third kappa shape index (κ3) is 3.49. The Hall–Kier alpha value is -1.59. The number of benzene rings is 1. The predicted octanol–water partition coefficient (Wildman–Crippen LogP) is 1.92. The van der Waals surface area contributed by atoms with Gasteiger partial charge in [-0.25, -0.2) is 0 Å². The van der Waals surface area contributed by atoms with E-state index in [1.54, 1.807) is 4.90 Å². The molecule has 2 rings (SSSR count). The standard InChI is InChI=1S/C15H23N3O2/c1-11-9-12(17-16)6-7-14(11)15(19)18(2)10-13-5-3-4-8-20-13/h6-7,9,13,17H,3-5,8,10,16H2,1-2H3. The number of hydrogen-bond donors (Lipinski definition) is 2. The Kier molecular flexibility index (Phi) is 4.98. The number of aryl methyl sites for hydroxylation is 1. The van der Waals surface area contributed by atoms with E-state index in [1.165, 1.54) is 6.42 Å². The van der Waals surface area contributed by atoms with Gasteiger partial charge in [-0.15, -0.1) is 0 Å². The number of likely N-dealkylation sites (N-methyl/N-ethyl adjacent to an activating group) is 1. The number of ether oxygens (including phenoxy) is 1. The van der Waals surface area contributed by atoms with Crippen molar-refractivity contribution in [3.63, 3.8) is 0 Å². The van der Waals surface area contributed by atoms with E-state index in [0.29, 0.717) is 12.1 Å². The Morgan fingerprint density at radius 1 is 1.50 bits per heavy atom. The molecule has 0 radical (unpaired) electrons. The SMILES string of the molecule is Cc1cc(NN)ccc1C(=O)N(C)CC1CCCCO1. The predicted molar refractivity (Wildman–Crippen MR) is 79.5 cm³/mol. The van der Waals surface area contributed by atoms with Crippen LogP contribution in [0, 0.1) is 6.92 Å². The topological polar surface area (TPSA) is 67.6 Å². The van der Waals surface area contributed by atoms with Gasteiger partial charge in [-0.1, -0.05) is 0 Å². The maximum absolute atomic E-state index is 12.5. The lowest BCUT2D eigenvalue weighted by atomic mass is 10.1. The molecule has 1 atom stereocenters. The van der Waals surface area contributed by atoms with Crippen LogP contribution in [0.15, 0.2) is 18.2 Å². The molecular formula is C15H23N3O2. The zero-order valence-electron chi connectivity index (χ0n) is 12.2. The summed E-state index contributed by atoms with van der Waals surface area (Å²) < 4.78 is 5.68. The molecule has 1 fully saturated rings. The minimum atomic E-state index is 0.0280. The summed E-state index contributed by atoms with van der Waals surface area (Å²) in [7, 11) is 1.83. The molecule has 0 aliphatic carbocycles. The fourth-order valence-corrected chi connectivity index (χ4v) is 2.54. The second-order valence-electron chi connectivity index (χ2n) is 5.35. The van der Waals surface area contributed by atoms with Gasteiger partial charge in [-0.05, 0) is 49.9 Å². The van der Waals surface area contributed by atoms with Crippen molar-refractivity contribution in [1.29, 1.82) is 0 Å². The quantitative estimate of drug-likeness (QED) is 0.652. The molecule has 110 valence electrons. The van der Waals surface area contributed by atoms with E-state index >= 15 is 0 Å². The summed E-state index contributed by atoms with van der Waals surface area (Å²) in [5, 5.41) is 0. The highest BCUT2D eigenvalue weighted by atomic mass is 16.5. The maximum Gasteiger partial charge on any atom is 0.253 e. The molecule has 1 aliphatic rings. The van der Waals surface area contributed by atoms with E-state index in [9.17, 15) is 4.79 Å². The molecule has 1 aromatic carbocycles. The van der Waals surface area contributed by atoms with Crippen molar-refractivity contribution in [2.24, 2.45) is 5.84 Å². The molecule has 0 spiro atoms. The van der Waals surface area contributed by atoms with Crippen LogP contribution in [0.3, 0.4) is 0 Å². The van der Waals surface area contributed by atoms with Gasteiger partial charge in [-0.3, -0.25) is 10.6 Å². The minimum absolute atomic E-state index is 0.0280. The van der Waals surface area contributed by atoms with Crippen molar-refractivity contribution in [2.45, 2.75) is 32.3 Å². The number of nitrogen functional groups attached to an aromatic ring is 1. The molecule has 1 saturated heterocycles. The summed E-state index contributed by atoms with van der Waals surface area (Å²) in [6.45, 7) is 3.37. The van der Waals surface area contributed by atoms with Gasteiger partial charge in [0.1, 0.15) is 0 Å². The Balaban J connectivity index is 2.02. The molecule has 1 heterocycles. The van der Waals surface area contributed by atoms with Crippen LogP contribution in [-0.2, 0) is 4.74 Å². The molecule has 1 unspecified atom stereocenters. The van der Waals surface area contributed by atoms with Crippen LogP contribution in [0.4, 0.5) is 5.69 Å². The van der Waals surface area contributed by atoms with Crippen molar-refractivity contribution >= 4 is 11.6 Å². The molecule has 0 aromatic heterocycles. The average molecular weight is 277 g/mol. The Bertz CT molecular complexity index is 470. The zero-order valence-corrected chi connectivity index (χ0v) is 12.2. The Morgan fingerprint density at radius 2 is 2.30 bits per heavy atom. The van der Waals surface area contributed by atoms with E-state index < -0.39 is 0 Å². The van der Waals surface area contributed by atoms with Gasteiger partial charge < -0.3 is 15.1 Å². The van der Waals surface area contributed by atoms with Gasteiger partial charge in [0, 0.05) is 31.5 Å². The van der Waals surface area contributed by atoms with Crippen LogP contribution in [0.5, 0.6) is 0 Å². The van der Waals surface area contributed by atoms with Crippen LogP contribution in [0.2, 0.25) is 0 Å². The first-order chi connectivity index (χ1) is 9.61. The number of rotatable bonds is 4. The molecule has 0 bridgehead atoms. The molecule has 5 nitrogen and oxygen atoms in total. The first kappa shape index (κ1) is 14.8. The summed E-state index contributed by atoms with van der Waals surface area (Å²) in [5.41, 5.74) is 5.02. The molecule has 1 aromatic rings. The van der Waals surface area contributed by atoms with Crippen LogP contribution in [0.25, 0.3) is 0 Å². The highest BCUT2D eigenvalue weighted by Gasteiger charge is 2.20. The van der Waals surface area contributed by atoms with Gasteiger partial charge in [-0.2, -0.15) is 0 Å². The summed E-state index contributed by atoms with van der Waals surface area (Å²) in [6.07, 6.45) is 3.51. The van der Waals surface area contributed by atoms with Crippen molar-refractivity contribution in [3.05, 3.63) is 29.3 Å². The fraction of sp³-hybridized carbons (Fsp3) is 0.533. The zero-order chi connectivity index (χ0) is 14.5. The molecule has 0 saturated carbocycles. The number of amides is 1. The number of hydrazine groups is 1. The molecule has 1 aliphatic heterocycles. The molecule has 20 heavy (non-hydrogen) atoms. The molecule has 3 N–H and O–H groups in total. The summed E-state index contributed by atoms with van der Waals surface area (Å²) in [6, 6.07) is 5.49. The van der Waals surface area contributed by atoms with E-state index in [4.69, 9.17) is 10.6 Å². The van der Waals surface area contributed by atoms with Crippen molar-refractivity contribution < 1.29 is 9.53 Å². The van der Waals surface area contributed by atoms with E-state index in [0.717, 1.165) is 30.7 Å². The first-order valence-corrected chi connectivity index (χ1v) is 7.06. The normalized spacial score (nSPS) is 18.6. The number of hydrogen-bond acceptors (Lipinski definition) is 4. The monoisotopic (exact) mass is 277 g/mol. The summed E-state index contributed by atoms with van der Waals surface area (Å²) in [5.74, 6) is 5.39. The van der Waals surface area contributed by atoms with Crippen molar-refractivity contribution in [1.82, 2.24) is 4.90 Å². The molecule has 1 amide bonds. The van der Waals surface area contributed by atoms with Crippen molar-refractivity contribution in [2.75, 3.05) is 25.6 Å². The highest BCUT2D eigenvalue weighted by Crippen LogP contribution is 2.18.